The molecule has 22 rings (SSSR count). The van der Waals surface area contributed by atoms with E-state index in [1.54, 1.807) is 0 Å². The summed E-state index contributed by atoms with van der Waals surface area (Å²) in [6, 6.07) is 142. The van der Waals surface area contributed by atoms with Crippen LogP contribution in [0.1, 0.15) is 49.9 Å². The molecule has 4 nitrogen and oxygen atoms in total. The standard InChI is InChI=1S/2C53H38N2S/c1-53(2)46-21-11-9-19-44(46)51-50(53)45-34-38(28-33-47(45)55(51)48-22-13-20-43-42-18-10-12-23-49(42)56-52(43)48)37-26-31-41(32-27-37)54(39-16-7-4-8-17-39)40-29-24-36(25-30-40)35-14-5-3-6-15-35;1-53(2)47-19-11-9-18-44(47)52-51(53)46-33-38(25-31-48(46)55(52)42-30-32-50-45(34-42)43-17-10-12-20-49(43)56-50)37-23-28-41(29-24-37)54(39-15-7-4-8-16-39)40-26-21-36(22-27-40)35-13-5-3-6-14-35/h2*3-34H,1-2H3. The zero-order valence-electron chi connectivity index (χ0n) is 62.6. The smallest absolute Gasteiger partial charge is 0.0641 e. The monoisotopic (exact) mass is 1470 g/mol. The van der Waals surface area contributed by atoms with E-state index in [-0.39, 0.29) is 10.8 Å². The van der Waals surface area contributed by atoms with Crippen LogP contribution < -0.4 is 9.80 Å². The lowest BCUT2D eigenvalue weighted by Crippen LogP contribution is -2.14. The normalized spacial score (nSPS) is 13.0. The molecule has 4 aromatic heterocycles. The molecule has 4 heterocycles. The first-order valence-corrected chi connectivity index (χ1v) is 40.3. The fourth-order valence-electron chi connectivity index (χ4n) is 18.3. The molecule has 2 aliphatic carbocycles. The Morgan fingerprint density at radius 3 is 1.07 bits per heavy atom. The van der Waals surface area contributed by atoms with E-state index >= 15 is 0 Å². The lowest BCUT2D eigenvalue weighted by Gasteiger charge is -2.26. The van der Waals surface area contributed by atoms with Crippen molar-refractivity contribution >= 4 is 119 Å². The van der Waals surface area contributed by atoms with Crippen LogP contribution in [-0.4, -0.2) is 9.13 Å². The number of hydrogen-bond donors (Lipinski definition) is 0. The molecule has 0 saturated carbocycles. The summed E-state index contributed by atoms with van der Waals surface area (Å²) in [5, 5.41) is 7.90. The lowest BCUT2D eigenvalue weighted by molar-refractivity contribution is 0.666. The third kappa shape index (κ3) is 11.0. The van der Waals surface area contributed by atoms with Crippen LogP contribution in [0.2, 0.25) is 0 Å². The summed E-state index contributed by atoms with van der Waals surface area (Å²) in [7, 11) is 0. The van der Waals surface area contributed by atoms with Crippen LogP contribution in [0.4, 0.5) is 34.1 Å². The maximum absolute atomic E-state index is 2.56. The molecular weight excluding hydrogens is 1390 g/mol. The highest BCUT2D eigenvalue weighted by molar-refractivity contribution is 7.26. The van der Waals surface area contributed by atoms with Gasteiger partial charge in [-0.15, -0.1) is 22.7 Å². The highest BCUT2D eigenvalue weighted by Gasteiger charge is 2.42. The van der Waals surface area contributed by atoms with Gasteiger partial charge in [0.05, 0.1) is 32.8 Å². The molecule has 112 heavy (non-hydrogen) atoms. The van der Waals surface area contributed by atoms with Crippen molar-refractivity contribution in [3.8, 4) is 78.4 Å². The number of fused-ring (bicyclic) bond motifs is 16. The molecule has 532 valence electrons. The Labute approximate surface area is 660 Å². The van der Waals surface area contributed by atoms with Gasteiger partial charge < -0.3 is 18.9 Å². The minimum Gasteiger partial charge on any atom is -0.311 e. The number of rotatable bonds is 12. The van der Waals surface area contributed by atoms with E-state index < -0.39 is 0 Å². The van der Waals surface area contributed by atoms with Gasteiger partial charge in [0.25, 0.3) is 0 Å². The minimum atomic E-state index is -0.155. The number of nitrogens with zero attached hydrogens (tertiary/aromatic N) is 4. The van der Waals surface area contributed by atoms with Gasteiger partial charge >= 0.3 is 0 Å². The zero-order valence-corrected chi connectivity index (χ0v) is 64.2. The quantitative estimate of drug-likeness (QED) is 0.121. The highest BCUT2D eigenvalue weighted by atomic mass is 32.1. The molecule has 0 aliphatic heterocycles. The van der Waals surface area contributed by atoms with Gasteiger partial charge in [0, 0.05) is 108 Å². The molecule has 6 heteroatoms. The third-order valence-electron chi connectivity index (χ3n) is 23.6. The zero-order chi connectivity index (χ0) is 74.8. The van der Waals surface area contributed by atoms with Crippen LogP contribution in [0.5, 0.6) is 0 Å². The summed E-state index contributed by atoms with van der Waals surface area (Å²) >= 11 is 3.77. The highest BCUT2D eigenvalue weighted by Crippen LogP contribution is 2.57. The van der Waals surface area contributed by atoms with Gasteiger partial charge in [-0.3, -0.25) is 0 Å². The first-order chi connectivity index (χ1) is 55.1. The molecule has 0 atom stereocenters. The van der Waals surface area contributed by atoms with Crippen molar-refractivity contribution in [3.05, 3.63) is 411 Å². The fraction of sp³-hybridized carbons (Fsp3) is 0.0566. The van der Waals surface area contributed by atoms with Crippen LogP contribution in [-0.2, 0) is 10.8 Å². The fourth-order valence-corrected chi connectivity index (χ4v) is 20.5. The van der Waals surface area contributed by atoms with Crippen molar-refractivity contribution in [1.29, 1.82) is 0 Å². The maximum atomic E-state index is 2.56. The van der Waals surface area contributed by atoms with Crippen LogP contribution >= 0.6 is 22.7 Å². The summed E-state index contributed by atoms with van der Waals surface area (Å²) in [5.74, 6) is 0. The van der Waals surface area contributed by atoms with E-state index in [1.807, 2.05) is 22.7 Å². The Morgan fingerprint density at radius 2 is 0.589 bits per heavy atom. The molecule has 0 saturated heterocycles. The molecule has 0 bridgehead atoms. The SMILES string of the molecule is CC1(C)c2ccccc2-c2c1c1cc(-c3ccc(N(c4ccccc4)c4ccc(-c5ccccc5)cc4)cc3)ccc1n2-c1ccc2sc3ccccc3c2c1.CC1(C)c2ccccc2-c2c1c1cc(-c3ccc(N(c4ccccc4)c4ccc(-c5ccccc5)cc4)cc3)ccc1n2-c1cccc2c1sc1ccccc12. The van der Waals surface area contributed by atoms with Crippen LogP contribution in [0, 0.1) is 0 Å². The van der Waals surface area contributed by atoms with Gasteiger partial charge in [0.2, 0.25) is 0 Å². The largest absolute Gasteiger partial charge is 0.311 e. The molecule has 2 aliphatic rings. The number of benzene rings is 16. The average Bonchev–Trinajstić information content (AvgIpc) is 1.52. The predicted molar refractivity (Wildman–Crippen MR) is 479 cm³/mol. The second-order valence-electron chi connectivity index (χ2n) is 30.7. The van der Waals surface area contributed by atoms with Crippen molar-refractivity contribution in [2.75, 3.05) is 9.80 Å². The van der Waals surface area contributed by atoms with Gasteiger partial charge in [-0.2, -0.15) is 0 Å². The van der Waals surface area contributed by atoms with Crippen molar-refractivity contribution in [2.24, 2.45) is 0 Å². The summed E-state index contributed by atoms with van der Waals surface area (Å²) in [6.45, 7) is 9.58. The molecule has 16 aromatic carbocycles. The summed E-state index contributed by atoms with van der Waals surface area (Å²) < 4.78 is 10.4. The van der Waals surface area contributed by atoms with Gasteiger partial charge in [0.15, 0.2) is 0 Å². The Morgan fingerprint density at radius 1 is 0.241 bits per heavy atom. The molecule has 20 aromatic rings. The predicted octanol–water partition coefficient (Wildman–Crippen LogP) is 30.2. The molecule has 0 N–H and O–H groups in total. The minimum absolute atomic E-state index is 0.149. The molecule has 0 fully saturated rings. The van der Waals surface area contributed by atoms with Crippen molar-refractivity contribution in [1.82, 2.24) is 9.13 Å². The molecule has 0 spiro atoms. The second-order valence-corrected chi connectivity index (χ2v) is 32.9. The van der Waals surface area contributed by atoms with Crippen LogP contribution in [0.15, 0.2) is 388 Å². The van der Waals surface area contributed by atoms with Gasteiger partial charge in [-0.1, -0.05) is 282 Å². The Hall–Kier alpha value is -13.4. The molecule has 0 radical (unpaired) electrons. The van der Waals surface area contributed by atoms with E-state index in [0.717, 1.165) is 34.1 Å². The van der Waals surface area contributed by atoms with Crippen molar-refractivity contribution in [2.45, 2.75) is 38.5 Å². The third-order valence-corrected chi connectivity index (χ3v) is 25.9. The Balaban J connectivity index is 0.000000141. The molecule has 0 unspecified atom stereocenters. The van der Waals surface area contributed by atoms with Gasteiger partial charge in [0.1, 0.15) is 0 Å². The number of anilines is 6. The summed E-state index contributed by atoms with van der Waals surface area (Å²) in [4.78, 5) is 4.67. The lowest BCUT2D eigenvalue weighted by atomic mass is 9.81. The topological polar surface area (TPSA) is 16.3 Å². The van der Waals surface area contributed by atoms with Crippen LogP contribution in [0.3, 0.4) is 0 Å². The second kappa shape index (κ2) is 26.7. The van der Waals surface area contributed by atoms with Crippen molar-refractivity contribution in [3.63, 3.8) is 0 Å². The number of hydrogen-bond acceptors (Lipinski definition) is 4. The number of aromatic nitrogens is 2. The maximum Gasteiger partial charge on any atom is 0.0641 e. The average molecular weight is 1470 g/mol. The number of thiophene rings is 2. The summed E-state index contributed by atoms with van der Waals surface area (Å²) in [5.41, 5.74) is 31.9. The van der Waals surface area contributed by atoms with E-state index in [2.05, 4.69) is 435 Å². The van der Waals surface area contributed by atoms with E-state index in [4.69, 9.17) is 0 Å². The van der Waals surface area contributed by atoms with Crippen LogP contribution in [0.25, 0.3) is 141 Å². The first kappa shape index (κ1) is 66.8. The number of para-hydroxylation sites is 2. The van der Waals surface area contributed by atoms with E-state index in [1.165, 1.54) is 163 Å². The van der Waals surface area contributed by atoms with Gasteiger partial charge in [-0.25, -0.2) is 0 Å². The first-order valence-electron chi connectivity index (χ1n) is 38.7. The van der Waals surface area contributed by atoms with E-state index in [9.17, 15) is 0 Å². The molecule has 0 amide bonds. The Kier molecular flexibility index (Phi) is 16.0. The molecular formula is C106H76N4S2. The van der Waals surface area contributed by atoms with Crippen molar-refractivity contribution < 1.29 is 0 Å². The van der Waals surface area contributed by atoms with E-state index in [0.29, 0.717) is 0 Å². The van der Waals surface area contributed by atoms with Gasteiger partial charge in [-0.05, 0) is 200 Å². The summed E-state index contributed by atoms with van der Waals surface area (Å²) in [6.07, 6.45) is 0. The Bertz CT molecular complexity index is 7000.